The number of carbonyl (C=O) groups excluding carboxylic acids is 1. The van der Waals surface area contributed by atoms with Gasteiger partial charge in [0.2, 0.25) is 0 Å². The quantitative estimate of drug-likeness (QED) is 0.402. The molecule has 1 aliphatic heterocycles. The summed E-state index contributed by atoms with van der Waals surface area (Å²) in [5, 5.41) is 19.7. The van der Waals surface area contributed by atoms with E-state index in [-0.39, 0.29) is 6.03 Å². The van der Waals surface area contributed by atoms with Gasteiger partial charge in [0, 0.05) is 29.4 Å². The van der Waals surface area contributed by atoms with Crippen LogP contribution in [0.15, 0.2) is 42.6 Å². The number of aromatic nitrogens is 1. The van der Waals surface area contributed by atoms with Crippen molar-refractivity contribution in [2.45, 2.75) is 45.1 Å². The third-order valence-electron chi connectivity index (χ3n) is 6.75. The van der Waals surface area contributed by atoms with Crippen LogP contribution in [0.25, 0.3) is 10.9 Å². The highest BCUT2D eigenvalue weighted by molar-refractivity contribution is 5.91. The fourth-order valence-corrected chi connectivity index (χ4v) is 4.49. The highest BCUT2D eigenvalue weighted by Gasteiger charge is 2.23. The van der Waals surface area contributed by atoms with Crippen LogP contribution in [0.3, 0.4) is 0 Å². The van der Waals surface area contributed by atoms with Crippen LogP contribution in [-0.2, 0) is 0 Å². The number of piperidine rings is 1. The minimum Gasteiger partial charge on any atom is -0.492 e. The molecule has 2 fully saturated rings. The van der Waals surface area contributed by atoms with Crippen LogP contribution in [0, 0.1) is 24.2 Å². The van der Waals surface area contributed by atoms with Crippen LogP contribution in [-0.4, -0.2) is 36.8 Å². The second-order valence-corrected chi connectivity index (χ2v) is 9.57. The molecule has 1 aromatic heterocycles. The fraction of sp³-hybridized carbons (Fsp3) is 0.393. The standard InChI is InChI=1S/C28H31N5O3/c1-18-14-22(4-5-24(18)33-28(34)32-21-2-3-21)36-26-8-12-31-25-16-27(20(17-29)15-23(25)26)35-13-9-19-6-10-30-11-7-19/h4-5,8,12,14-16,19,21,30H,2-3,6-7,9-11,13H2,1H3,(H2,32,33,34). The summed E-state index contributed by atoms with van der Waals surface area (Å²) < 4.78 is 12.2. The fourth-order valence-electron chi connectivity index (χ4n) is 4.49. The van der Waals surface area contributed by atoms with Crippen molar-refractivity contribution in [3.63, 3.8) is 0 Å². The van der Waals surface area contributed by atoms with Gasteiger partial charge in [0.1, 0.15) is 23.3 Å². The summed E-state index contributed by atoms with van der Waals surface area (Å²) in [6, 6.07) is 13.3. The molecule has 1 saturated heterocycles. The molecule has 2 aliphatic rings. The monoisotopic (exact) mass is 485 g/mol. The average Bonchev–Trinajstić information content (AvgIpc) is 3.70. The van der Waals surface area contributed by atoms with E-state index in [0.29, 0.717) is 46.9 Å². The molecule has 1 saturated carbocycles. The van der Waals surface area contributed by atoms with E-state index in [1.54, 1.807) is 18.3 Å². The molecule has 1 aliphatic carbocycles. The number of rotatable bonds is 8. The Morgan fingerprint density at radius 3 is 2.72 bits per heavy atom. The number of ether oxygens (including phenoxy) is 2. The molecule has 0 unspecified atom stereocenters. The van der Waals surface area contributed by atoms with E-state index < -0.39 is 0 Å². The van der Waals surface area contributed by atoms with Crippen molar-refractivity contribution < 1.29 is 14.3 Å². The van der Waals surface area contributed by atoms with Gasteiger partial charge in [-0.2, -0.15) is 5.26 Å². The van der Waals surface area contributed by atoms with E-state index in [4.69, 9.17) is 9.47 Å². The SMILES string of the molecule is Cc1cc(Oc2ccnc3cc(OCCC4CCNCC4)c(C#N)cc23)ccc1NC(=O)NC1CC1. The highest BCUT2D eigenvalue weighted by atomic mass is 16.5. The van der Waals surface area contributed by atoms with Gasteiger partial charge in [-0.15, -0.1) is 0 Å². The van der Waals surface area contributed by atoms with Crippen LogP contribution < -0.4 is 25.4 Å². The maximum atomic E-state index is 12.1. The molecule has 8 heteroatoms. The lowest BCUT2D eigenvalue weighted by Gasteiger charge is -2.22. The van der Waals surface area contributed by atoms with Gasteiger partial charge in [-0.05, 0) is 93.9 Å². The van der Waals surface area contributed by atoms with Gasteiger partial charge in [0.05, 0.1) is 17.7 Å². The van der Waals surface area contributed by atoms with Crippen LogP contribution in [0.4, 0.5) is 10.5 Å². The van der Waals surface area contributed by atoms with Gasteiger partial charge in [0.25, 0.3) is 0 Å². The number of carbonyl (C=O) groups is 1. The number of amides is 2. The number of anilines is 1. The Bertz CT molecular complexity index is 1290. The number of benzene rings is 2. The summed E-state index contributed by atoms with van der Waals surface area (Å²) in [5.74, 6) is 2.45. The Hall–Kier alpha value is -3.83. The van der Waals surface area contributed by atoms with Gasteiger partial charge in [-0.25, -0.2) is 4.79 Å². The number of fused-ring (bicyclic) bond motifs is 1. The molecule has 2 aromatic carbocycles. The first-order chi connectivity index (χ1) is 17.6. The first kappa shape index (κ1) is 23.9. The zero-order valence-corrected chi connectivity index (χ0v) is 20.5. The molecule has 0 radical (unpaired) electrons. The largest absolute Gasteiger partial charge is 0.492 e. The summed E-state index contributed by atoms with van der Waals surface area (Å²) in [6.45, 7) is 4.63. The normalized spacial score (nSPS) is 15.8. The van der Waals surface area contributed by atoms with E-state index in [0.717, 1.165) is 49.0 Å². The van der Waals surface area contributed by atoms with Crippen molar-refractivity contribution in [2.75, 3.05) is 25.0 Å². The van der Waals surface area contributed by atoms with Crippen molar-refractivity contribution in [1.29, 1.82) is 5.26 Å². The number of pyridine rings is 1. The molecule has 0 spiro atoms. The number of nitrogens with one attached hydrogen (secondary N) is 3. The molecule has 5 rings (SSSR count). The predicted molar refractivity (Wildman–Crippen MR) is 139 cm³/mol. The van der Waals surface area contributed by atoms with Crippen LogP contribution in [0.1, 0.15) is 43.2 Å². The Balaban J connectivity index is 1.29. The first-order valence-electron chi connectivity index (χ1n) is 12.6. The lowest BCUT2D eigenvalue weighted by Crippen LogP contribution is -2.30. The van der Waals surface area contributed by atoms with E-state index in [9.17, 15) is 10.1 Å². The van der Waals surface area contributed by atoms with Crippen LogP contribution in [0.5, 0.6) is 17.2 Å². The molecule has 0 bridgehead atoms. The molecular formula is C28H31N5O3. The Kier molecular flexibility index (Phi) is 7.19. The minimum absolute atomic E-state index is 0.188. The van der Waals surface area contributed by atoms with Crippen molar-refractivity contribution >= 4 is 22.6 Å². The van der Waals surface area contributed by atoms with E-state index in [1.165, 1.54) is 12.8 Å². The molecule has 2 heterocycles. The smallest absolute Gasteiger partial charge is 0.319 e. The van der Waals surface area contributed by atoms with Gasteiger partial charge in [0.15, 0.2) is 0 Å². The van der Waals surface area contributed by atoms with Gasteiger partial charge in [-0.1, -0.05) is 0 Å². The number of aryl methyl sites for hydroxylation is 1. The molecule has 3 aromatic rings. The summed E-state index contributed by atoms with van der Waals surface area (Å²) in [4.78, 5) is 16.6. The number of nitriles is 1. The number of hydrogen-bond donors (Lipinski definition) is 3. The maximum Gasteiger partial charge on any atom is 0.319 e. The van der Waals surface area contributed by atoms with Crippen LogP contribution >= 0.6 is 0 Å². The van der Waals surface area contributed by atoms with Gasteiger partial charge in [-0.3, -0.25) is 4.98 Å². The lowest BCUT2D eigenvalue weighted by atomic mass is 9.95. The number of urea groups is 1. The molecule has 8 nitrogen and oxygen atoms in total. The van der Waals surface area contributed by atoms with Crippen molar-refractivity contribution in [3.8, 4) is 23.3 Å². The third kappa shape index (κ3) is 5.86. The number of nitrogens with zero attached hydrogens (tertiary/aromatic N) is 2. The predicted octanol–water partition coefficient (Wildman–Crippen LogP) is 5.26. The minimum atomic E-state index is -0.188. The second-order valence-electron chi connectivity index (χ2n) is 9.57. The second kappa shape index (κ2) is 10.8. The molecule has 36 heavy (non-hydrogen) atoms. The van der Waals surface area contributed by atoms with E-state index in [2.05, 4.69) is 27.0 Å². The van der Waals surface area contributed by atoms with Crippen LogP contribution in [0.2, 0.25) is 0 Å². The number of hydrogen-bond acceptors (Lipinski definition) is 6. The van der Waals surface area contributed by atoms with Crippen molar-refractivity contribution in [1.82, 2.24) is 15.6 Å². The molecular weight excluding hydrogens is 454 g/mol. The van der Waals surface area contributed by atoms with Gasteiger partial charge >= 0.3 is 6.03 Å². The Labute approximate surface area is 211 Å². The van der Waals surface area contributed by atoms with E-state index in [1.807, 2.05) is 31.2 Å². The van der Waals surface area contributed by atoms with Crippen molar-refractivity contribution in [2.24, 2.45) is 5.92 Å². The maximum absolute atomic E-state index is 12.1. The molecule has 186 valence electrons. The summed E-state index contributed by atoms with van der Waals surface area (Å²) >= 11 is 0. The molecule has 3 N–H and O–H groups in total. The lowest BCUT2D eigenvalue weighted by molar-refractivity contribution is 0.251. The zero-order chi connectivity index (χ0) is 24.9. The third-order valence-corrected chi connectivity index (χ3v) is 6.75. The van der Waals surface area contributed by atoms with E-state index >= 15 is 0 Å². The summed E-state index contributed by atoms with van der Waals surface area (Å²) in [5.41, 5.74) is 2.79. The zero-order valence-electron chi connectivity index (χ0n) is 20.5. The summed E-state index contributed by atoms with van der Waals surface area (Å²) in [6.07, 6.45) is 7.08. The Morgan fingerprint density at radius 2 is 1.97 bits per heavy atom. The molecule has 2 amide bonds. The first-order valence-corrected chi connectivity index (χ1v) is 12.6. The Morgan fingerprint density at radius 1 is 1.14 bits per heavy atom. The highest BCUT2D eigenvalue weighted by Crippen LogP contribution is 2.34. The average molecular weight is 486 g/mol. The van der Waals surface area contributed by atoms with Crippen molar-refractivity contribution in [3.05, 3.63) is 53.7 Å². The molecule has 0 atom stereocenters. The topological polar surface area (TPSA) is 108 Å². The summed E-state index contributed by atoms with van der Waals surface area (Å²) in [7, 11) is 0. The van der Waals surface area contributed by atoms with Gasteiger partial charge < -0.3 is 25.4 Å².